The SMILES string of the molecule is Cc1nnc(CNC(=NCc2ccccc2)N2CCN(Cc3ccccc3)CC2)n1C. The third-order valence-electron chi connectivity index (χ3n) is 5.76. The zero-order valence-electron chi connectivity index (χ0n) is 18.4. The molecule has 7 nitrogen and oxygen atoms in total. The Kier molecular flexibility index (Phi) is 6.94. The van der Waals surface area contributed by atoms with Crippen LogP contribution in [0.25, 0.3) is 0 Å². The molecule has 0 unspecified atom stereocenters. The molecule has 1 aromatic heterocycles. The molecule has 0 aliphatic carbocycles. The molecule has 2 aromatic carbocycles. The zero-order valence-corrected chi connectivity index (χ0v) is 18.4. The first-order valence-electron chi connectivity index (χ1n) is 10.9. The van der Waals surface area contributed by atoms with Crippen molar-refractivity contribution in [1.82, 2.24) is 29.9 Å². The third-order valence-corrected chi connectivity index (χ3v) is 5.76. The Bertz CT molecular complexity index is 974. The molecule has 0 radical (unpaired) electrons. The summed E-state index contributed by atoms with van der Waals surface area (Å²) in [5.74, 6) is 2.76. The van der Waals surface area contributed by atoms with Crippen molar-refractivity contribution in [2.75, 3.05) is 26.2 Å². The monoisotopic (exact) mass is 417 g/mol. The number of nitrogens with zero attached hydrogens (tertiary/aromatic N) is 6. The van der Waals surface area contributed by atoms with Gasteiger partial charge >= 0.3 is 0 Å². The predicted octanol–water partition coefficient (Wildman–Crippen LogP) is 2.59. The highest BCUT2D eigenvalue weighted by molar-refractivity contribution is 5.80. The minimum absolute atomic E-state index is 0.606. The minimum Gasteiger partial charge on any atom is -0.349 e. The molecule has 0 spiro atoms. The van der Waals surface area contributed by atoms with Crippen molar-refractivity contribution in [3.05, 3.63) is 83.4 Å². The van der Waals surface area contributed by atoms with Gasteiger partial charge in [0.2, 0.25) is 0 Å². The third kappa shape index (κ3) is 5.70. The van der Waals surface area contributed by atoms with Crippen molar-refractivity contribution in [2.45, 2.75) is 26.6 Å². The second-order valence-corrected chi connectivity index (χ2v) is 7.95. The Morgan fingerprint density at radius 2 is 1.55 bits per heavy atom. The molecule has 1 aliphatic heterocycles. The quantitative estimate of drug-likeness (QED) is 0.493. The lowest BCUT2D eigenvalue weighted by Crippen LogP contribution is -2.52. The van der Waals surface area contributed by atoms with Crippen LogP contribution in [0.2, 0.25) is 0 Å². The second kappa shape index (κ2) is 10.2. The lowest BCUT2D eigenvalue weighted by Gasteiger charge is -2.36. The van der Waals surface area contributed by atoms with Crippen molar-refractivity contribution in [1.29, 1.82) is 0 Å². The Balaban J connectivity index is 1.40. The summed E-state index contributed by atoms with van der Waals surface area (Å²) < 4.78 is 2.01. The van der Waals surface area contributed by atoms with Crippen LogP contribution in [-0.4, -0.2) is 56.7 Å². The maximum absolute atomic E-state index is 4.93. The van der Waals surface area contributed by atoms with E-state index in [1.807, 2.05) is 24.6 Å². The maximum Gasteiger partial charge on any atom is 0.194 e. The Labute approximate surface area is 184 Å². The molecule has 31 heavy (non-hydrogen) atoms. The van der Waals surface area contributed by atoms with E-state index in [0.717, 1.165) is 50.3 Å². The van der Waals surface area contributed by atoms with Gasteiger partial charge in [-0.05, 0) is 18.1 Å². The van der Waals surface area contributed by atoms with E-state index >= 15 is 0 Å². The summed E-state index contributed by atoms with van der Waals surface area (Å²) >= 11 is 0. The molecule has 1 N–H and O–H groups in total. The lowest BCUT2D eigenvalue weighted by atomic mass is 10.2. The van der Waals surface area contributed by atoms with Crippen LogP contribution in [-0.2, 0) is 26.7 Å². The van der Waals surface area contributed by atoms with E-state index in [-0.39, 0.29) is 0 Å². The average Bonchev–Trinajstić information content (AvgIpc) is 3.13. The number of nitrogens with one attached hydrogen (secondary N) is 1. The van der Waals surface area contributed by atoms with E-state index in [0.29, 0.717) is 13.1 Å². The van der Waals surface area contributed by atoms with Crippen LogP contribution in [0.1, 0.15) is 22.8 Å². The molecular formula is C24H31N7. The number of aliphatic imine (C=N–C) groups is 1. The van der Waals surface area contributed by atoms with Gasteiger partial charge < -0.3 is 14.8 Å². The number of aromatic nitrogens is 3. The fourth-order valence-electron chi connectivity index (χ4n) is 3.74. The van der Waals surface area contributed by atoms with Crippen LogP contribution in [0.3, 0.4) is 0 Å². The lowest BCUT2D eigenvalue weighted by molar-refractivity contribution is 0.172. The van der Waals surface area contributed by atoms with Crippen molar-refractivity contribution in [3.63, 3.8) is 0 Å². The summed E-state index contributed by atoms with van der Waals surface area (Å²) in [4.78, 5) is 9.80. The Hall–Kier alpha value is -3.19. The van der Waals surface area contributed by atoms with Gasteiger partial charge in [-0.3, -0.25) is 4.90 Å². The van der Waals surface area contributed by atoms with E-state index in [2.05, 4.69) is 79.9 Å². The zero-order chi connectivity index (χ0) is 21.5. The number of hydrogen-bond donors (Lipinski definition) is 1. The number of aryl methyl sites for hydroxylation is 1. The highest BCUT2D eigenvalue weighted by Gasteiger charge is 2.20. The molecule has 0 saturated carbocycles. The van der Waals surface area contributed by atoms with E-state index in [1.54, 1.807) is 0 Å². The summed E-state index contributed by atoms with van der Waals surface area (Å²) in [5.41, 5.74) is 2.57. The molecule has 1 saturated heterocycles. The van der Waals surface area contributed by atoms with E-state index in [4.69, 9.17) is 4.99 Å². The Morgan fingerprint density at radius 3 is 2.16 bits per heavy atom. The van der Waals surface area contributed by atoms with E-state index < -0.39 is 0 Å². The van der Waals surface area contributed by atoms with Crippen LogP contribution in [0, 0.1) is 6.92 Å². The van der Waals surface area contributed by atoms with Gasteiger partial charge in [0.15, 0.2) is 11.8 Å². The van der Waals surface area contributed by atoms with Crippen LogP contribution in [0.15, 0.2) is 65.7 Å². The van der Waals surface area contributed by atoms with Crippen molar-refractivity contribution >= 4 is 5.96 Å². The summed E-state index contributed by atoms with van der Waals surface area (Å²) in [6.07, 6.45) is 0. The highest BCUT2D eigenvalue weighted by atomic mass is 15.4. The standard InChI is InChI=1S/C24H31N7/c1-20-27-28-23(29(20)2)18-26-24(25-17-21-9-5-3-6-10-21)31-15-13-30(14-16-31)19-22-11-7-4-8-12-22/h3-12H,13-19H2,1-2H3,(H,25,26). The van der Waals surface area contributed by atoms with Gasteiger partial charge in [0.05, 0.1) is 13.1 Å². The molecule has 0 atom stereocenters. The normalized spacial score (nSPS) is 15.3. The summed E-state index contributed by atoms with van der Waals surface area (Å²) in [6.45, 7) is 8.16. The maximum atomic E-state index is 4.93. The van der Waals surface area contributed by atoms with Crippen LogP contribution in [0.5, 0.6) is 0 Å². The first-order valence-corrected chi connectivity index (χ1v) is 10.9. The van der Waals surface area contributed by atoms with Gasteiger partial charge in [-0.15, -0.1) is 10.2 Å². The van der Waals surface area contributed by atoms with Gasteiger partial charge in [-0.2, -0.15) is 0 Å². The predicted molar refractivity (Wildman–Crippen MR) is 123 cm³/mol. The Morgan fingerprint density at radius 1 is 0.903 bits per heavy atom. The molecule has 3 aromatic rings. The molecular weight excluding hydrogens is 386 g/mol. The number of benzene rings is 2. The molecule has 1 fully saturated rings. The minimum atomic E-state index is 0.606. The first kappa shape index (κ1) is 21.1. The van der Waals surface area contributed by atoms with Gasteiger partial charge in [-0.1, -0.05) is 60.7 Å². The average molecular weight is 418 g/mol. The molecule has 0 bridgehead atoms. The summed E-state index contributed by atoms with van der Waals surface area (Å²) in [7, 11) is 2.00. The molecule has 0 amide bonds. The number of rotatable bonds is 6. The van der Waals surface area contributed by atoms with Crippen LogP contribution < -0.4 is 5.32 Å². The first-order chi connectivity index (χ1) is 15.2. The fraction of sp³-hybridized carbons (Fsp3) is 0.375. The molecule has 162 valence electrons. The number of guanidine groups is 1. The fourth-order valence-corrected chi connectivity index (χ4v) is 3.74. The van der Waals surface area contributed by atoms with Crippen molar-refractivity contribution < 1.29 is 0 Å². The van der Waals surface area contributed by atoms with Crippen LogP contribution in [0.4, 0.5) is 0 Å². The van der Waals surface area contributed by atoms with E-state index in [1.165, 1.54) is 11.1 Å². The van der Waals surface area contributed by atoms with Gasteiger partial charge in [-0.25, -0.2) is 4.99 Å². The largest absolute Gasteiger partial charge is 0.349 e. The van der Waals surface area contributed by atoms with Gasteiger partial charge in [0.25, 0.3) is 0 Å². The van der Waals surface area contributed by atoms with Crippen molar-refractivity contribution in [3.8, 4) is 0 Å². The van der Waals surface area contributed by atoms with Crippen LogP contribution >= 0.6 is 0 Å². The molecule has 1 aliphatic rings. The van der Waals surface area contributed by atoms with Gasteiger partial charge in [0, 0.05) is 39.8 Å². The highest BCUT2D eigenvalue weighted by Crippen LogP contribution is 2.10. The summed E-state index contributed by atoms with van der Waals surface area (Å²) in [5, 5.41) is 12.0. The van der Waals surface area contributed by atoms with Crippen molar-refractivity contribution in [2.24, 2.45) is 12.0 Å². The summed E-state index contributed by atoms with van der Waals surface area (Å²) in [6, 6.07) is 21.1. The molecule has 2 heterocycles. The second-order valence-electron chi connectivity index (χ2n) is 7.95. The van der Waals surface area contributed by atoms with E-state index in [9.17, 15) is 0 Å². The molecule has 4 rings (SSSR count). The number of piperazine rings is 1. The number of hydrogen-bond acceptors (Lipinski definition) is 4. The molecule has 7 heteroatoms. The van der Waals surface area contributed by atoms with Gasteiger partial charge in [0.1, 0.15) is 5.82 Å². The topological polar surface area (TPSA) is 61.6 Å². The smallest absolute Gasteiger partial charge is 0.194 e.